The molecule has 1 amide bonds. The Bertz CT molecular complexity index is 543. The van der Waals surface area contributed by atoms with Gasteiger partial charge in [0.25, 0.3) is 5.91 Å². The third kappa shape index (κ3) is 3.85. The second-order valence-corrected chi connectivity index (χ2v) is 5.95. The van der Waals surface area contributed by atoms with Crippen LogP contribution in [0.5, 0.6) is 0 Å². The Morgan fingerprint density at radius 2 is 2.05 bits per heavy atom. The maximum Gasteiger partial charge on any atom is 0.335 e. The molecule has 0 bridgehead atoms. The van der Waals surface area contributed by atoms with E-state index in [2.05, 4.69) is 6.92 Å². The van der Waals surface area contributed by atoms with Crippen LogP contribution in [0.1, 0.15) is 46.9 Å². The van der Waals surface area contributed by atoms with Crippen LogP contribution in [0, 0.1) is 5.92 Å². The average molecular weight is 305 g/mol. The lowest BCUT2D eigenvalue weighted by atomic mass is 10.1. The molecule has 1 saturated carbocycles. The normalized spacial score (nSPS) is 20.8. The van der Waals surface area contributed by atoms with Gasteiger partial charge in [-0.1, -0.05) is 13.0 Å². The van der Waals surface area contributed by atoms with Gasteiger partial charge in [0.1, 0.15) is 0 Å². The summed E-state index contributed by atoms with van der Waals surface area (Å²) in [4.78, 5) is 25.7. The molecule has 1 aliphatic carbocycles. The van der Waals surface area contributed by atoms with E-state index in [1.165, 1.54) is 12.1 Å². The fraction of sp³-hybridized carbons (Fsp3) is 0.529. The van der Waals surface area contributed by atoms with Gasteiger partial charge in [-0.2, -0.15) is 0 Å². The van der Waals surface area contributed by atoms with E-state index >= 15 is 0 Å². The minimum absolute atomic E-state index is 0.112. The van der Waals surface area contributed by atoms with E-state index < -0.39 is 5.97 Å². The summed E-state index contributed by atoms with van der Waals surface area (Å²) in [7, 11) is 1.62. The van der Waals surface area contributed by atoms with Crippen LogP contribution >= 0.6 is 0 Å². The zero-order valence-electron chi connectivity index (χ0n) is 13.1. The number of aromatic carboxylic acids is 1. The number of ether oxygens (including phenoxy) is 1. The monoisotopic (exact) mass is 305 g/mol. The first-order valence-corrected chi connectivity index (χ1v) is 7.66. The fourth-order valence-electron chi connectivity index (χ4n) is 3.05. The molecule has 2 unspecified atom stereocenters. The molecular formula is C17H23NO4. The standard InChI is InChI=1S/C17H23NO4/c1-12-6-7-15(10-12)18(8-9-22-2)16(19)13-4-3-5-14(11-13)17(20)21/h3-5,11-12,15H,6-10H2,1-2H3,(H,20,21). The van der Waals surface area contributed by atoms with Crippen molar-refractivity contribution in [2.24, 2.45) is 5.92 Å². The zero-order chi connectivity index (χ0) is 16.1. The van der Waals surface area contributed by atoms with Crippen molar-refractivity contribution in [2.75, 3.05) is 20.3 Å². The van der Waals surface area contributed by atoms with E-state index in [1.54, 1.807) is 19.2 Å². The van der Waals surface area contributed by atoms with Gasteiger partial charge in [-0.15, -0.1) is 0 Å². The summed E-state index contributed by atoms with van der Waals surface area (Å²) in [6, 6.07) is 6.44. The molecule has 2 rings (SSSR count). The summed E-state index contributed by atoms with van der Waals surface area (Å²) in [6.45, 7) is 3.21. The van der Waals surface area contributed by atoms with Gasteiger partial charge in [0.05, 0.1) is 12.2 Å². The van der Waals surface area contributed by atoms with E-state index in [4.69, 9.17) is 9.84 Å². The molecule has 0 spiro atoms. The van der Waals surface area contributed by atoms with Crippen LogP contribution in [0.4, 0.5) is 0 Å². The lowest BCUT2D eigenvalue weighted by Crippen LogP contribution is -2.41. The maximum atomic E-state index is 12.8. The van der Waals surface area contributed by atoms with Crippen LogP contribution in [0.15, 0.2) is 24.3 Å². The number of carbonyl (C=O) groups excluding carboxylic acids is 1. The highest BCUT2D eigenvalue weighted by Gasteiger charge is 2.30. The van der Waals surface area contributed by atoms with Crippen molar-refractivity contribution < 1.29 is 19.4 Å². The molecular weight excluding hydrogens is 282 g/mol. The summed E-state index contributed by atoms with van der Waals surface area (Å²) in [5.74, 6) is -0.514. The predicted molar refractivity (Wildman–Crippen MR) is 83.1 cm³/mol. The smallest absolute Gasteiger partial charge is 0.335 e. The Balaban J connectivity index is 2.20. The first-order valence-electron chi connectivity index (χ1n) is 7.66. The largest absolute Gasteiger partial charge is 0.478 e. The summed E-state index contributed by atoms with van der Waals surface area (Å²) in [5, 5.41) is 9.07. The first-order chi connectivity index (χ1) is 10.5. The number of methoxy groups -OCH3 is 1. The third-order valence-corrected chi connectivity index (χ3v) is 4.26. The number of hydrogen-bond acceptors (Lipinski definition) is 3. The van der Waals surface area contributed by atoms with Gasteiger partial charge in [0.15, 0.2) is 0 Å². The average Bonchev–Trinajstić information content (AvgIpc) is 2.94. The molecule has 22 heavy (non-hydrogen) atoms. The summed E-state index contributed by atoms with van der Waals surface area (Å²) < 4.78 is 5.12. The summed E-state index contributed by atoms with van der Waals surface area (Å²) >= 11 is 0. The molecule has 0 radical (unpaired) electrons. The van der Waals surface area contributed by atoms with Gasteiger partial charge in [0.2, 0.25) is 0 Å². The van der Waals surface area contributed by atoms with Crippen LogP contribution in [-0.2, 0) is 4.74 Å². The highest BCUT2D eigenvalue weighted by Crippen LogP contribution is 2.29. The van der Waals surface area contributed by atoms with E-state index in [1.807, 2.05) is 4.90 Å². The topological polar surface area (TPSA) is 66.8 Å². The molecule has 1 aromatic carbocycles. The first kappa shape index (κ1) is 16.5. The van der Waals surface area contributed by atoms with Crippen molar-refractivity contribution in [3.63, 3.8) is 0 Å². The number of benzene rings is 1. The molecule has 5 heteroatoms. The number of carbonyl (C=O) groups is 2. The second kappa shape index (κ2) is 7.40. The van der Waals surface area contributed by atoms with Gasteiger partial charge in [0, 0.05) is 25.3 Å². The van der Waals surface area contributed by atoms with Crippen molar-refractivity contribution >= 4 is 11.9 Å². The minimum Gasteiger partial charge on any atom is -0.478 e. The zero-order valence-corrected chi connectivity index (χ0v) is 13.1. The Hall–Kier alpha value is -1.88. The molecule has 1 N–H and O–H groups in total. The minimum atomic E-state index is -1.02. The lowest BCUT2D eigenvalue weighted by molar-refractivity contribution is 0.0602. The molecule has 0 saturated heterocycles. The molecule has 120 valence electrons. The Morgan fingerprint density at radius 3 is 2.64 bits per heavy atom. The van der Waals surface area contributed by atoms with Gasteiger partial charge < -0.3 is 14.7 Å². The van der Waals surface area contributed by atoms with Crippen LogP contribution in [0.3, 0.4) is 0 Å². The van der Waals surface area contributed by atoms with Crippen molar-refractivity contribution in [1.82, 2.24) is 4.90 Å². The van der Waals surface area contributed by atoms with Gasteiger partial charge >= 0.3 is 5.97 Å². The highest BCUT2D eigenvalue weighted by molar-refractivity contribution is 5.97. The van der Waals surface area contributed by atoms with Crippen molar-refractivity contribution in [3.05, 3.63) is 35.4 Å². The van der Waals surface area contributed by atoms with Crippen molar-refractivity contribution in [2.45, 2.75) is 32.2 Å². The maximum absolute atomic E-state index is 12.8. The predicted octanol–water partition coefficient (Wildman–Crippen LogP) is 2.66. The molecule has 0 aromatic heterocycles. The number of nitrogens with zero attached hydrogens (tertiary/aromatic N) is 1. The number of carboxylic acids is 1. The van der Waals surface area contributed by atoms with Crippen LogP contribution in [0.25, 0.3) is 0 Å². The molecule has 1 aliphatic rings. The molecule has 5 nitrogen and oxygen atoms in total. The van der Waals surface area contributed by atoms with Crippen molar-refractivity contribution in [3.8, 4) is 0 Å². The number of carboxylic acid groups (broad SMARTS) is 1. The number of amides is 1. The highest BCUT2D eigenvalue weighted by atomic mass is 16.5. The number of rotatable bonds is 6. The molecule has 1 fully saturated rings. The van der Waals surface area contributed by atoms with Gasteiger partial charge in [-0.05, 0) is 43.4 Å². The van der Waals surface area contributed by atoms with Gasteiger partial charge in [-0.25, -0.2) is 4.79 Å². The Labute approximate surface area is 130 Å². The van der Waals surface area contributed by atoms with E-state index in [0.717, 1.165) is 19.3 Å². The third-order valence-electron chi connectivity index (χ3n) is 4.26. The second-order valence-electron chi connectivity index (χ2n) is 5.95. The molecule has 1 aromatic rings. The SMILES string of the molecule is COCCN(C(=O)c1cccc(C(=O)O)c1)C1CCC(C)C1. The quantitative estimate of drug-likeness (QED) is 0.877. The molecule has 2 atom stereocenters. The van der Waals surface area contributed by atoms with E-state index in [-0.39, 0.29) is 17.5 Å². The molecule has 0 heterocycles. The van der Waals surface area contributed by atoms with Crippen LogP contribution in [-0.4, -0.2) is 48.2 Å². The van der Waals surface area contributed by atoms with Gasteiger partial charge in [-0.3, -0.25) is 4.79 Å². The summed E-state index contributed by atoms with van der Waals surface area (Å²) in [5.41, 5.74) is 0.563. The van der Waals surface area contributed by atoms with Crippen LogP contribution in [0.2, 0.25) is 0 Å². The fourth-order valence-corrected chi connectivity index (χ4v) is 3.05. The van der Waals surface area contributed by atoms with E-state index in [0.29, 0.717) is 24.6 Å². The van der Waals surface area contributed by atoms with Crippen LogP contribution < -0.4 is 0 Å². The lowest BCUT2D eigenvalue weighted by Gasteiger charge is -2.29. The Kier molecular flexibility index (Phi) is 5.55. The summed E-state index contributed by atoms with van der Waals surface area (Å²) in [6.07, 6.45) is 3.11. The van der Waals surface area contributed by atoms with E-state index in [9.17, 15) is 9.59 Å². The number of hydrogen-bond donors (Lipinski definition) is 1. The van der Waals surface area contributed by atoms with Crippen molar-refractivity contribution in [1.29, 1.82) is 0 Å². The Morgan fingerprint density at radius 1 is 1.32 bits per heavy atom. The molecule has 0 aliphatic heterocycles.